The summed E-state index contributed by atoms with van der Waals surface area (Å²) in [4.78, 5) is 0. The summed E-state index contributed by atoms with van der Waals surface area (Å²) in [6.45, 7) is 1.18. The number of nitrogens with one attached hydrogen (secondary N) is 1. The molecule has 1 N–H and O–H groups in total. The van der Waals surface area contributed by atoms with Crippen LogP contribution in [0.5, 0.6) is 5.75 Å². The zero-order valence-electron chi connectivity index (χ0n) is 10.7. The van der Waals surface area contributed by atoms with Crippen molar-refractivity contribution < 1.29 is 4.74 Å². The van der Waals surface area contributed by atoms with E-state index < -0.39 is 0 Å². The van der Waals surface area contributed by atoms with E-state index in [0.29, 0.717) is 12.1 Å². The highest BCUT2D eigenvalue weighted by atomic mass is 32.2. The number of rotatable bonds is 4. The molecule has 0 saturated carbocycles. The number of benzene rings is 1. The van der Waals surface area contributed by atoms with E-state index in [2.05, 4.69) is 29.6 Å². The van der Waals surface area contributed by atoms with Crippen LogP contribution in [0.3, 0.4) is 0 Å². The van der Waals surface area contributed by atoms with Crippen LogP contribution >= 0.6 is 11.8 Å². The molecule has 0 spiro atoms. The third-order valence-electron chi connectivity index (χ3n) is 3.70. The van der Waals surface area contributed by atoms with Crippen molar-refractivity contribution in [2.24, 2.45) is 0 Å². The minimum atomic E-state index is 0.443. The fraction of sp³-hybridized carbons (Fsp3) is 0.600. The van der Waals surface area contributed by atoms with Crippen molar-refractivity contribution >= 4 is 11.8 Å². The molecule has 1 atom stereocenters. The lowest BCUT2D eigenvalue weighted by Crippen LogP contribution is -2.35. The molecule has 2 heterocycles. The first-order valence-electron chi connectivity index (χ1n) is 6.97. The Labute approximate surface area is 113 Å². The standard InChI is InChI=1S/C15H21NOS/c1-2-7-16-13(5-1)8-12-4-3-6-14(9-12)17-15-10-18-11-15/h3-4,6,9,13,15-16H,1-2,5,7-8,10-11H2. The van der Waals surface area contributed by atoms with E-state index in [9.17, 15) is 0 Å². The molecule has 0 bridgehead atoms. The van der Waals surface area contributed by atoms with E-state index >= 15 is 0 Å². The lowest BCUT2D eigenvalue weighted by Gasteiger charge is -2.26. The van der Waals surface area contributed by atoms with Gasteiger partial charge in [-0.2, -0.15) is 11.8 Å². The number of thioether (sulfide) groups is 1. The van der Waals surface area contributed by atoms with Crippen LogP contribution in [-0.2, 0) is 6.42 Å². The second kappa shape index (κ2) is 5.98. The van der Waals surface area contributed by atoms with Crippen molar-refractivity contribution in [1.29, 1.82) is 0 Å². The second-order valence-electron chi connectivity index (χ2n) is 5.28. The summed E-state index contributed by atoms with van der Waals surface area (Å²) in [6.07, 6.45) is 5.59. The first-order valence-corrected chi connectivity index (χ1v) is 8.12. The molecule has 2 aliphatic rings. The minimum absolute atomic E-state index is 0.443. The highest BCUT2D eigenvalue weighted by molar-refractivity contribution is 8.00. The van der Waals surface area contributed by atoms with Crippen molar-refractivity contribution in [3.8, 4) is 5.75 Å². The van der Waals surface area contributed by atoms with E-state index in [0.717, 1.165) is 23.7 Å². The number of piperidine rings is 1. The van der Waals surface area contributed by atoms with Gasteiger partial charge < -0.3 is 10.1 Å². The predicted octanol–water partition coefficient (Wildman–Crippen LogP) is 2.87. The van der Waals surface area contributed by atoms with E-state index in [1.54, 1.807) is 0 Å². The Bertz CT molecular complexity index is 386. The van der Waals surface area contributed by atoms with Gasteiger partial charge in [0.25, 0.3) is 0 Å². The van der Waals surface area contributed by atoms with Crippen molar-refractivity contribution in [2.45, 2.75) is 37.8 Å². The molecule has 2 saturated heterocycles. The van der Waals surface area contributed by atoms with Crippen LogP contribution in [0.25, 0.3) is 0 Å². The summed E-state index contributed by atoms with van der Waals surface area (Å²) in [6, 6.07) is 9.31. The van der Waals surface area contributed by atoms with Crippen LogP contribution in [0.15, 0.2) is 24.3 Å². The van der Waals surface area contributed by atoms with Crippen molar-refractivity contribution in [3.63, 3.8) is 0 Å². The molecular weight excluding hydrogens is 242 g/mol. The van der Waals surface area contributed by atoms with Crippen LogP contribution in [0, 0.1) is 0 Å². The molecule has 0 aliphatic carbocycles. The average molecular weight is 263 g/mol. The Morgan fingerprint density at radius 3 is 2.94 bits per heavy atom. The first kappa shape index (κ1) is 12.4. The summed E-state index contributed by atoms with van der Waals surface area (Å²) in [7, 11) is 0. The molecule has 18 heavy (non-hydrogen) atoms. The second-order valence-corrected chi connectivity index (χ2v) is 6.35. The molecule has 98 valence electrons. The van der Waals surface area contributed by atoms with Gasteiger partial charge in [0, 0.05) is 17.5 Å². The van der Waals surface area contributed by atoms with Crippen LogP contribution in [0.4, 0.5) is 0 Å². The monoisotopic (exact) mass is 263 g/mol. The number of hydrogen-bond donors (Lipinski definition) is 1. The highest BCUT2D eigenvalue weighted by Crippen LogP contribution is 2.25. The van der Waals surface area contributed by atoms with Gasteiger partial charge in [-0.05, 0) is 43.5 Å². The molecule has 0 aromatic heterocycles. The highest BCUT2D eigenvalue weighted by Gasteiger charge is 2.20. The molecular formula is C15H21NOS. The third kappa shape index (κ3) is 3.21. The summed E-state index contributed by atoms with van der Waals surface area (Å²) in [5, 5.41) is 3.61. The minimum Gasteiger partial charge on any atom is -0.489 e. The van der Waals surface area contributed by atoms with Gasteiger partial charge in [-0.3, -0.25) is 0 Å². The van der Waals surface area contributed by atoms with Crippen molar-refractivity contribution in [1.82, 2.24) is 5.32 Å². The lowest BCUT2D eigenvalue weighted by molar-refractivity contribution is 0.240. The molecule has 0 amide bonds. The van der Waals surface area contributed by atoms with Crippen LogP contribution in [0.1, 0.15) is 24.8 Å². The molecule has 2 fully saturated rings. The van der Waals surface area contributed by atoms with Gasteiger partial charge >= 0.3 is 0 Å². The molecule has 3 heteroatoms. The number of hydrogen-bond acceptors (Lipinski definition) is 3. The Balaban J connectivity index is 1.58. The average Bonchev–Trinajstić information content (AvgIpc) is 2.36. The Hall–Kier alpha value is -0.670. The zero-order valence-corrected chi connectivity index (χ0v) is 11.5. The Kier molecular flexibility index (Phi) is 4.11. The smallest absolute Gasteiger partial charge is 0.120 e. The molecule has 2 nitrogen and oxygen atoms in total. The summed E-state index contributed by atoms with van der Waals surface area (Å²) in [5.41, 5.74) is 1.40. The summed E-state index contributed by atoms with van der Waals surface area (Å²) >= 11 is 1.96. The van der Waals surface area contributed by atoms with E-state index in [-0.39, 0.29) is 0 Å². The van der Waals surface area contributed by atoms with E-state index in [4.69, 9.17) is 4.74 Å². The summed E-state index contributed by atoms with van der Waals surface area (Å²) in [5.74, 6) is 3.34. The summed E-state index contributed by atoms with van der Waals surface area (Å²) < 4.78 is 5.94. The maximum Gasteiger partial charge on any atom is 0.120 e. The maximum atomic E-state index is 5.94. The Morgan fingerprint density at radius 2 is 2.22 bits per heavy atom. The molecule has 1 aromatic rings. The molecule has 0 radical (unpaired) electrons. The van der Waals surface area contributed by atoms with Gasteiger partial charge in [0.15, 0.2) is 0 Å². The first-order chi connectivity index (χ1) is 8.90. The third-order valence-corrected chi connectivity index (χ3v) is 4.92. The van der Waals surface area contributed by atoms with Gasteiger partial charge in [-0.15, -0.1) is 0 Å². The van der Waals surface area contributed by atoms with E-state index in [1.807, 2.05) is 11.8 Å². The lowest BCUT2D eigenvalue weighted by atomic mass is 9.98. The van der Waals surface area contributed by atoms with Crippen LogP contribution in [0.2, 0.25) is 0 Å². The molecule has 1 aromatic carbocycles. The van der Waals surface area contributed by atoms with Crippen molar-refractivity contribution in [2.75, 3.05) is 18.1 Å². The number of ether oxygens (including phenoxy) is 1. The van der Waals surface area contributed by atoms with E-state index in [1.165, 1.54) is 31.4 Å². The van der Waals surface area contributed by atoms with Crippen LogP contribution < -0.4 is 10.1 Å². The predicted molar refractivity (Wildman–Crippen MR) is 77.5 cm³/mol. The normalized spacial score (nSPS) is 24.6. The van der Waals surface area contributed by atoms with Gasteiger partial charge in [0.1, 0.15) is 11.9 Å². The molecule has 1 unspecified atom stereocenters. The largest absolute Gasteiger partial charge is 0.489 e. The van der Waals surface area contributed by atoms with Crippen LogP contribution in [-0.4, -0.2) is 30.2 Å². The quantitative estimate of drug-likeness (QED) is 0.902. The molecule has 3 rings (SSSR count). The van der Waals surface area contributed by atoms with Gasteiger partial charge in [0.05, 0.1) is 0 Å². The fourth-order valence-electron chi connectivity index (χ4n) is 2.60. The SMILES string of the molecule is c1cc(CC2CCCCN2)cc(OC2CSC2)c1. The topological polar surface area (TPSA) is 21.3 Å². The fourth-order valence-corrected chi connectivity index (χ4v) is 3.17. The van der Waals surface area contributed by atoms with Gasteiger partial charge in [-0.1, -0.05) is 18.6 Å². The molecule has 2 aliphatic heterocycles. The Morgan fingerprint density at radius 1 is 1.28 bits per heavy atom. The van der Waals surface area contributed by atoms with Crippen molar-refractivity contribution in [3.05, 3.63) is 29.8 Å². The maximum absolute atomic E-state index is 5.94. The van der Waals surface area contributed by atoms with Gasteiger partial charge in [0.2, 0.25) is 0 Å². The zero-order chi connectivity index (χ0) is 12.2. The van der Waals surface area contributed by atoms with Gasteiger partial charge in [-0.25, -0.2) is 0 Å².